The summed E-state index contributed by atoms with van der Waals surface area (Å²) >= 11 is 0. The predicted molar refractivity (Wildman–Crippen MR) is 118 cm³/mol. The Balaban J connectivity index is -0.000000502. The molecule has 4 amide bonds. The number of carboxylic acids is 2. The Hall–Kier alpha value is -3.22. The normalized spacial score (nSPS) is 10.9. The fourth-order valence-corrected chi connectivity index (χ4v) is 1.88. The highest BCUT2D eigenvalue weighted by Gasteiger charge is 2.18. The first kappa shape index (κ1) is 33.4. The van der Waals surface area contributed by atoms with E-state index in [2.05, 4.69) is 26.3 Å². The fourth-order valence-electron chi connectivity index (χ4n) is 1.88. The average Bonchev–Trinajstić information content (AvgIpc) is 2.77. The highest BCUT2D eigenvalue weighted by Crippen LogP contribution is 2.01. The van der Waals surface area contributed by atoms with Crippen molar-refractivity contribution in [3.63, 3.8) is 0 Å². The lowest BCUT2D eigenvalue weighted by molar-refractivity contribution is -0.140. The van der Waals surface area contributed by atoms with Crippen LogP contribution in [0.15, 0.2) is 4.99 Å². The highest BCUT2D eigenvalue weighted by molar-refractivity contribution is 5.82. The SMILES string of the molecule is CN=C=O.CNC(=O)NCCCCC(NC(=O)NC)C(=O)O.NCCCCC(N)C(=O)O. The van der Waals surface area contributed by atoms with Crippen molar-refractivity contribution < 1.29 is 34.2 Å². The lowest BCUT2D eigenvalue weighted by Gasteiger charge is -2.13. The van der Waals surface area contributed by atoms with E-state index in [1.54, 1.807) is 0 Å². The average molecular weight is 464 g/mol. The number of carboxylic acid groups (broad SMARTS) is 2. The van der Waals surface area contributed by atoms with Gasteiger partial charge < -0.3 is 42.9 Å². The van der Waals surface area contributed by atoms with Crippen molar-refractivity contribution in [2.24, 2.45) is 16.5 Å². The minimum absolute atomic E-state index is 0.270. The van der Waals surface area contributed by atoms with E-state index in [1.807, 2.05) is 0 Å². The number of nitrogens with zero attached hydrogens (tertiary/aromatic N) is 1. The summed E-state index contributed by atoms with van der Waals surface area (Å²) in [5.74, 6) is -2.00. The van der Waals surface area contributed by atoms with Crippen LogP contribution in [0.1, 0.15) is 38.5 Å². The minimum Gasteiger partial charge on any atom is -0.480 e. The van der Waals surface area contributed by atoms with Gasteiger partial charge in [0.2, 0.25) is 6.08 Å². The molecule has 0 rings (SSSR count). The Bertz CT molecular complexity index is 584. The molecule has 0 aliphatic heterocycles. The van der Waals surface area contributed by atoms with Gasteiger partial charge in [0.05, 0.1) is 0 Å². The van der Waals surface area contributed by atoms with Gasteiger partial charge in [-0.2, -0.15) is 0 Å². The molecule has 0 aliphatic rings. The van der Waals surface area contributed by atoms with Gasteiger partial charge in [-0.25, -0.2) is 24.2 Å². The number of isocyanates is 1. The van der Waals surface area contributed by atoms with E-state index in [9.17, 15) is 19.2 Å². The van der Waals surface area contributed by atoms with E-state index in [0.29, 0.717) is 38.8 Å². The van der Waals surface area contributed by atoms with Crippen LogP contribution in [-0.4, -0.2) is 86.6 Å². The molecule has 0 aromatic rings. The van der Waals surface area contributed by atoms with E-state index in [0.717, 1.165) is 12.8 Å². The van der Waals surface area contributed by atoms with Crippen LogP contribution >= 0.6 is 0 Å². The van der Waals surface area contributed by atoms with Crippen molar-refractivity contribution in [1.29, 1.82) is 0 Å². The van der Waals surface area contributed by atoms with Crippen LogP contribution in [-0.2, 0) is 14.4 Å². The quantitative estimate of drug-likeness (QED) is 0.0998. The lowest BCUT2D eigenvalue weighted by atomic mass is 10.1. The van der Waals surface area contributed by atoms with Gasteiger partial charge >= 0.3 is 24.0 Å². The van der Waals surface area contributed by atoms with E-state index in [4.69, 9.17) is 26.5 Å². The van der Waals surface area contributed by atoms with Gasteiger partial charge in [0.1, 0.15) is 12.1 Å². The highest BCUT2D eigenvalue weighted by atomic mass is 16.4. The number of hydrogen-bond acceptors (Lipinski definition) is 8. The molecule has 2 unspecified atom stereocenters. The Morgan fingerprint density at radius 3 is 1.88 bits per heavy atom. The lowest BCUT2D eigenvalue weighted by Crippen LogP contribution is -2.44. The second-order valence-electron chi connectivity index (χ2n) is 6.16. The predicted octanol–water partition coefficient (Wildman–Crippen LogP) is -1.05. The van der Waals surface area contributed by atoms with Crippen LogP contribution in [0.4, 0.5) is 9.59 Å². The topological polar surface area (TPSA) is 238 Å². The standard InChI is InChI=1S/C10H20N4O4.C6H14N2O2.C2H3NO/c1-11-9(17)13-6-4-3-5-7(8(15)16)14-10(18)12-2;7-4-2-1-3-5(8)6(9)10;1-3-2-4/h7H,3-6H2,1-2H3,(H,15,16)(H2,11,13,17)(H2,12,14,18);5H,1-4,7-8H2,(H,9,10);1H3. The van der Waals surface area contributed by atoms with Crippen LogP contribution in [0.5, 0.6) is 0 Å². The fraction of sp³-hybridized carbons (Fsp3) is 0.722. The van der Waals surface area contributed by atoms with Crippen molar-refractivity contribution >= 4 is 30.1 Å². The van der Waals surface area contributed by atoms with Crippen molar-refractivity contribution in [3.8, 4) is 0 Å². The summed E-state index contributed by atoms with van der Waals surface area (Å²) in [5, 5.41) is 26.8. The summed E-state index contributed by atoms with van der Waals surface area (Å²) in [6.07, 6.45) is 5.02. The number of urea groups is 2. The monoisotopic (exact) mass is 463 g/mol. The third kappa shape index (κ3) is 24.8. The second kappa shape index (κ2) is 24.1. The van der Waals surface area contributed by atoms with E-state index in [-0.39, 0.29) is 6.03 Å². The zero-order valence-electron chi connectivity index (χ0n) is 18.8. The first-order chi connectivity index (χ1) is 15.1. The summed E-state index contributed by atoms with van der Waals surface area (Å²) < 4.78 is 0. The van der Waals surface area contributed by atoms with Crippen LogP contribution in [0, 0.1) is 0 Å². The van der Waals surface area contributed by atoms with E-state index in [1.165, 1.54) is 27.2 Å². The van der Waals surface area contributed by atoms with Gasteiger partial charge in [-0.15, -0.1) is 0 Å². The molecule has 186 valence electrons. The summed E-state index contributed by atoms with van der Waals surface area (Å²) in [6.45, 7) is 1.07. The maximum atomic E-state index is 11.0. The Labute approximate surface area is 187 Å². The van der Waals surface area contributed by atoms with Gasteiger partial charge in [-0.05, 0) is 38.6 Å². The summed E-state index contributed by atoms with van der Waals surface area (Å²) in [5.41, 5.74) is 10.4. The molecule has 14 heteroatoms. The molecule has 32 heavy (non-hydrogen) atoms. The molecule has 2 atom stereocenters. The van der Waals surface area contributed by atoms with Crippen LogP contribution in [0.25, 0.3) is 0 Å². The minimum atomic E-state index is -1.07. The number of amides is 4. The van der Waals surface area contributed by atoms with E-state index < -0.39 is 30.1 Å². The third-order valence-electron chi connectivity index (χ3n) is 3.64. The van der Waals surface area contributed by atoms with Crippen molar-refractivity contribution in [2.75, 3.05) is 34.2 Å². The molecule has 0 aromatic carbocycles. The van der Waals surface area contributed by atoms with Crippen molar-refractivity contribution in [1.82, 2.24) is 21.3 Å². The number of hydrogen-bond donors (Lipinski definition) is 8. The molecule has 0 saturated carbocycles. The first-order valence-corrected chi connectivity index (χ1v) is 9.92. The molecule has 0 heterocycles. The van der Waals surface area contributed by atoms with E-state index >= 15 is 0 Å². The van der Waals surface area contributed by atoms with Crippen molar-refractivity contribution in [2.45, 2.75) is 50.6 Å². The Kier molecular flexibility index (Phi) is 25.1. The maximum Gasteiger partial charge on any atom is 0.326 e. The molecule has 0 saturated heterocycles. The Morgan fingerprint density at radius 1 is 0.938 bits per heavy atom. The number of rotatable bonds is 12. The molecule has 0 spiro atoms. The van der Waals surface area contributed by atoms with Gasteiger partial charge in [0.25, 0.3) is 0 Å². The molecule has 10 N–H and O–H groups in total. The number of carbonyl (C=O) groups excluding carboxylic acids is 3. The second-order valence-corrected chi connectivity index (χ2v) is 6.16. The summed E-state index contributed by atoms with van der Waals surface area (Å²) in [4.78, 5) is 54.6. The van der Waals surface area contributed by atoms with Gasteiger partial charge in [0.15, 0.2) is 0 Å². The molecule has 0 radical (unpaired) electrons. The summed E-state index contributed by atoms with van der Waals surface area (Å²) in [7, 11) is 4.32. The Morgan fingerprint density at radius 2 is 1.47 bits per heavy atom. The molecule has 0 bridgehead atoms. The number of carbonyl (C=O) groups is 4. The third-order valence-corrected chi connectivity index (χ3v) is 3.64. The zero-order chi connectivity index (χ0) is 25.4. The van der Waals surface area contributed by atoms with Crippen LogP contribution in [0.2, 0.25) is 0 Å². The number of nitrogens with one attached hydrogen (secondary N) is 4. The molecular weight excluding hydrogens is 426 g/mol. The molecule has 0 aliphatic carbocycles. The maximum absolute atomic E-state index is 11.0. The van der Waals surface area contributed by atoms with Crippen LogP contribution in [0.3, 0.4) is 0 Å². The van der Waals surface area contributed by atoms with Gasteiger partial charge in [-0.1, -0.05) is 6.42 Å². The number of aliphatic imine (C=N–C) groups is 1. The number of unbranched alkanes of at least 4 members (excludes halogenated alkanes) is 2. The largest absolute Gasteiger partial charge is 0.480 e. The molecular formula is C18H37N7O7. The molecule has 14 nitrogen and oxygen atoms in total. The zero-order valence-corrected chi connectivity index (χ0v) is 18.8. The van der Waals surface area contributed by atoms with Crippen molar-refractivity contribution in [3.05, 3.63) is 0 Å². The summed E-state index contributed by atoms with van der Waals surface area (Å²) in [6, 6.07) is -2.42. The van der Waals surface area contributed by atoms with Crippen LogP contribution < -0.4 is 32.7 Å². The number of nitrogens with two attached hydrogens (primary N) is 2. The van der Waals surface area contributed by atoms with Gasteiger partial charge in [-0.3, -0.25) is 4.79 Å². The molecule has 0 fully saturated rings. The first-order valence-electron chi connectivity index (χ1n) is 9.92. The smallest absolute Gasteiger partial charge is 0.326 e. The number of aliphatic carboxylic acids is 2. The molecule has 0 aromatic heterocycles. The van der Waals surface area contributed by atoms with Gasteiger partial charge in [0, 0.05) is 27.7 Å².